The highest BCUT2D eigenvalue weighted by molar-refractivity contribution is 5.49. The maximum Gasteiger partial charge on any atom is 0.120 e. The van der Waals surface area contributed by atoms with Gasteiger partial charge in [-0.15, -0.1) is 0 Å². The van der Waals surface area contributed by atoms with Crippen LogP contribution in [0.1, 0.15) is 65.2 Å². The van der Waals surface area contributed by atoms with E-state index in [1.165, 1.54) is 19.3 Å². The minimum absolute atomic E-state index is 0.663. The van der Waals surface area contributed by atoms with Gasteiger partial charge in [0.05, 0.1) is 0 Å². The van der Waals surface area contributed by atoms with E-state index in [1.807, 2.05) is 6.08 Å². The van der Waals surface area contributed by atoms with E-state index in [1.54, 1.807) is 0 Å². The first-order chi connectivity index (χ1) is 7.83. The monoisotopic (exact) mass is 226 g/mol. The van der Waals surface area contributed by atoms with Crippen molar-refractivity contribution < 1.29 is 9.59 Å². The zero-order chi connectivity index (χ0) is 12.5. The van der Waals surface area contributed by atoms with Crippen molar-refractivity contribution in [1.82, 2.24) is 0 Å². The molecular weight excluding hydrogens is 200 g/mol. The molecule has 0 unspecified atom stereocenters. The summed E-state index contributed by atoms with van der Waals surface area (Å²) in [5.74, 6) is 0. The lowest BCUT2D eigenvalue weighted by atomic mass is 10.2. The Kier molecular flexibility index (Phi) is 21.4. The normalized spacial score (nSPS) is 9.62. The summed E-state index contributed by atoms with van der Waals surface area (Å²) in [6.45, 7) is 4.25. The molecule has 0 aliphatic carbocycles. The van der Waals surface area contributed by atoms with Gasteiger partial charge in [-0.2, -0.15) is 0 Å². The van der Waals surface area contributed by atoms with E-state index in [9.17, 15) is 9.59 Å². The Morgan fingerprint density at radius 3 is 1.94 bits per heavy atom. The summed E-state index contributed by atoms with van der Waals surface area (Å²) in [7, 11) is 0. The molecule has 0 bridgehead atoms. The standard InChI is InChI=1S/C7H14O.C7H12O/c2*1-2-3-4-5-6-7-8/h7H,2-6H2,1H3;3-4,7H,2,5-6H2,1H3/b;4-3-. The third kappa shape index (κ3) is 23.2. The van der Waals surface area contributed by atoms with Crippen LogP contribution in [0.4, 0.5) is 0 Å². The van der Waals surface area contributed by atoms with Gasteiger partial charge in [-0.25, -0.2) is 0 Å². The fourth-order valence-electron chi connectivity index (χ4n) is 1.10. The van der Waals surface area contributed by atoms with E-state index >= 15 is 0 Å². The van der Waals surface area contributed by atoms with E-state index in [2.05, 4.69) is 19.9 Å². The predicted octanol–water partition coefficient (Wildman–Crippen LogP) is 4.09. The number of allylic oxidation sites excluding steroid dienone is 2. The molecule has 2 nitrogen and oxygen atoms in total. The molecule has 0 saturated heterocycles. The van der Waals surface area contributed by atoms with Crippen LogP contribution in [0.2, 0.25) is 0 Å². The number of rotatable bonds is 9. The summed E-state index contributed by atoms with van der Waals surface area (Å²) in [5, 5.41) is 0. The average molecular weight is 226 g/mol. The molecule has 0 fully saturated rings. The number of hydrogen-bond donors (Lipinski definition) is 0. The first-order valence-electron chi connectivity index (χ1n) is 6.35. The molecule has 94 valence electrons. The highest BCUT2D eigenvalue weighted by atomic mass is 16.1. The molecule has 0 radical (unpaired) electrons. The maximum absolute atomic E-state index is 9.77. The van der Waals surface area contributed by atoms with Crippen LogP contribution >= 0.6 is 0 Å². The SMILES string of the molecule is CC/C=C\CCC=O.CCCCCCC=O. The Morgan fingerprint density at radius 2 is 1.44 bits per heavy atom. The Morgan fingerprint density at radius 1 is 0.750 bits per heavy atom. The zero-order valence-corrected chi connectivity index (χ0v) is 10.8. The van der Waals surface area contributed by atoms with Gasteiger partial charge in [-0.3, -0.25) is 0 Å². The summed E-state index contributed by atoms with van der Waals surface area (Å²) in [6, 6.07) is 0. The van der Waals surface area contributed by atoms with Crippen LogP contribution in [0.5, 0.6) is 0 Å². The van der Waals surface area contributed by atoms with Gasteiger partial charge < -0.3 is 9.59 Å². The highest BCUT2D eigenvalue weighted by Crippen LogP contribution is 1.99. The molecule has 0 saturated carbocycles. The minimum atomic E-state index is 0.663. The topological polar surface area (TPSA) is 34.1 Å². The lowest BCUT2D eigenvalue weighted by Gasteiger charge is -1.90. The second-order valence-corrected chi connectivity index (χ2v) is 3.64. The van der Waals surface area contributed by atoms with Crippen LogP contribution in [-0.4, -0.2) is 12.6 Å². The van der Waals surface area contributed by atoms with E-state index in [-0.39, 0.29) is 0 Å². The van der Waals surface area contributed by atoms with Crippen molar-refractivity contribution in [3.8, 4) is 0 Å². The van der Waals surface area contributed by atoms with Gasteiger partial charge in [0, 0.05) is 12.8 Å². The van der Waals surface area contributed by atoms with Crippen molar-refractivity contribution in [3.05, 3.63) is 12.2 Å². The fourth-order valence-corrected chi connectivity index (χ4v) is 1.10. The number of hydrogen-bond acceptors (Lipinski definition) is 2. The Bertz CT molecular complexity index is 162. The van der Waals surface area contributed by atoms with Crippen LogP contribution in [0.15, 0.2) is 12.2 Å². The van der Waals surface area contributed by atoms with Crippen LogP contribution in [0.25, 0.3) is 0 Å². The second-order valence-electron chi connectivity index (χ2n) is 3.64. The smallest absolute Gasteiger partial charge is 0.120 e. The molecule has 0 atom stereocenters. The van der Waals surface area contributed by atoms with Gasteiger partial charge in [0.25, 0.3) is 0 Å². The summed E-state index contributed by atoms with van der Waals surface area (Å²) >= 11 is 0. The van der Waals surface area contributed by atoms with Crippen molar-refractivity contribution in [3.63, 3.8) is 0 Å². The van der Waals surface area contributed by atoms with Crippen molar-refractivity contribution in [2.45, 2.75) is 65.2 Å². The molecule has 0 N–H and O–H groups in total. The molecule has 0 aromatic carbocycles. The van der Waals surface area contributed by atoms with Crippen LogP contribution in [-0.2, 0) is 9.59 Å². The summed E-state index contributed by atoms with van der Waals surface area (Å²) in [4.78, 5) is 19.5. The van der Waals surface area contributed by atoms with Crippen molar-refractivity contribution >= 4 is 12.6 Å². The van der Waals surface area contributed by atoms with Gasteiger partial charge in [0.15, 0.2) is 0 Å². The number of aldehydes is 2. The third-order valence-electron chi connectivity index (χ3n) is 2.03. The number of unbranched alkanes of at least 4 members (excludes halogenated alkanes) is 5. The minimum Gasteiger partial charge on any atom is -0.303 e. The second kappa shape index (κ2) is 19.6. The quantitative estimate of drug-likeness (QED) is 0.337. The molecule has 0 heterocycles. The number of carbonyl (C=O) groups is 2. The first kappa shape index (κ1) is 17.5. The van der Waals surface area contributed by atoms with Crippen molar-refractivity contribution in [2.24, 2.45) is 0 Å². The lowest BCUT2D eigenvalue weighted by Crippen LogP contribution is -1.76. The van der Waals surface area contributed by atoms with Crippen LogP contribution in [0.3, 0.4) is 0 Å². The zero-order valence-electron chi connectivity index (χ0n) is 10.8. The lowest BCUT2D eigenvalue weighted by molar-refractivity contribution is -0.108. The van der Waals surface area contributed by atoms with E-state index in [4.69, 9.17) is 0 Å². The molecule has 0 aliphatic rings. The highest BCUT2D eigenvalue weighted by Gasteiger charge is 1.83. The summed E-state index contributed by atoms with van der Waals surface area (Å²) in [5.41, 5.74) is 0. The largest absolute Gasteiger partial charge is 0.303 e. The molecule has 0 aromatic heterocycles. The Labute approximate surface area is 100 Å². The van der Waals surface area contributed by atoms with Gasteiger partial charge >= 0.3 is 0 Å². The average Bonchev–Trinajstić information content (AvgIpc) is 2.31. The Hall–Kier alpha value is -0.920. The van der Waals surface area contributed by atoms with E-state index in [0.29, 0.717) is 6.42 Å². The molecule has 0 spiro atoms. The van der Waals surface area contributed by atoms with Gasteiger partial charge in [-0.05, 0) is 19.3 Å². The molecule has 2 heteroatoms. The van der Waals surface area contributed by atoms with Gasteiger partial charge in [0.2, 0.25) is 0 Å². The van der Waals surface area contributed by atoms with Crippen LogP contribution in [0, 0.1) is 0 Å². The maximum atomic E-state index is 9.77. The van der Waals surface area contributed by atoms with Crippen molar-refractivity contribution in [2.75, 3.05) is 0 Å². The number of carbonyl (C=O) groups excluding carboxylic acids is 2. The van der Waals surface area contributed by atoms with E-state index < -0.39 is 0 Å². The molecule has 16 heavy (non-hydrogen) atoms. The summed E-state index contributed by atoms with van der Waals surface area (Å²) in [6.07, 6.45) is 14.2. The predicted molar refractivity (Wildman–Crippen MR) is 69.6 cm³/mol. The first-order valence-corrected chi connectivity index (χ1v) is 6.35. The molecule has 0 rings (SSSR count). The molecule has 0 aromatic rings. The molecular formula is C14H26O2. The van der Waals surface area contributed by atoms with Crippen molar-refractivity contribution in [1.29, 1.82) is 0 Å². The summed E-state index contributed by atoms with van der Waals surface area (Å²) < 4.78 is 0. The van der Waals surface area contributed by atoms with Crippen LogP contribution < -0.4 is 0 Å². The third-order valence-corrected chi connectivity index (χ3v) is 2.03. The molecule has 0 amide bonds. The fraction of sp³-hybridized carbons (Fsp3) is 0.714. The Balaban J connectivity index is 0. The van der Waals surface area contributed by atoms with Gasteiger partial charge in [-0.1, -0.05) is 45.3 Å². The molecule has 0 aliphatic heterocycles. The van der Waals surface area contributed by atoms with Gasteiger partial charge in [0.1, 0.15) is 12.6 Å². The van der Waals surface area contributed by atoms with E-state index in [0.717, 1.165) is 38.3 Å².